The number of nitrogens with one attached hydrogen (secondary N) is 2. The molecule has 6 nitrogen and oxygen atoms in total. The summed E-state index contributed by atoms with van der Waals surface area (Å²) in [6.45, 7) is 3.97. The van der Waals surface area contributed by atoms with Crippen LogP contribution in [-0.2, 0) is 4.79 Å². The minimum Gasteiger partial charge on any atom is -0.546 e. The topological polar surface area (TPSA) is 85.8 Å². The van der Waals surface area contributed by atoms with Gasteiger partial charge in [0.05, 0.1) is 11.7 Å². The summed E-state index contributed by atoms with van der Waals surface area (Å²) < 4.78 is 5.05. The number of benzene rings is 1. The van der Waals surface area contributed by atoms with Gasteiger partial charge >= 0.3 is 0 Å². The molecule has 0 saturated heterocycles. The van der Waals surface area contributed by atoms with Gasteiger partial charge in [-0.3, -0.25) is 5.43 Å². The Kier molecular flexibility index (Phi) is 6.45. The number of nitrogens with zero attached hydrogens (tertiary/aromatic N) is 1. The molecule has 0 heterocycles. The predicted octanol–water partition coefficient (Wildman–Crippen LogP) is 0.0233. The first-order valence-electron chi connectivity index (χ1n) is 6.04. The monoisotopic (exact) mass is 294 g/mol. The van der Waals surface area contributed by atoms with Gasteiger partial charge in [0.1, 0.15) is 12.4 Å². The third-order valence-corrected chi connectivity index (χ3v) is 2.51. The summed E-state index contributed by atoms with van der Waals surface area (Å²) in [7, 11) is 0. The molecule has 0 aliphatic rings. The number of hydrogen-bond donors (Lipinski definition) is 2. The van der Waals surface area contributed by atoms with Crippen molar-refractivity contribution in [2.75, 3.05) is 13.2 Å². The van der Waals surface area contributed by atoms with Crippen LogP contribution in [0.3, 0.4) is 0 Å². The summed E-state index contributed by atoms with van der Waals surface area (Å²) in [4.78, 5) is 10.3. The molecular weight excluding hydrogens is 278 g/mol. The van der Waals surface area contributed by atoms with Gasteiger partial charge < -0.3 is 20.0 Å². The number of hydrogen-bond acceptors (Lipinski definition) is 5. The zero-order chi connectivity index (χ0) is 15.0. The van der Waals surface area contributed by atoms with Gasteiger partial charge in [-0.25, -0.2) is 0 Å². The molecule has 1 aromatic rings. The molecule has 0 spiro atoms. The minimum absolute atomic E-state index is 0.440. The van der Waals surface area contributed by atoms with Crippen molar-refractivity contribution in [2.45, 2.75) is 13.8 Å². The van der Waals surface area contributed by atoms with Crippen LogP contribution in [0.15, 0.2) is 29.4 Å². The van der Waals surface area contributed by atoms with Crippen LogP contribution in [0, 0.1) is 0 Å². The Labute approximate surface area is 122 Å². The number of rotatable bonds is 6. The molecule has 0 aliphatic heterocycles. The van der Waals surface area contributed by atoms with Crippen LogP contribution in [0.4, 0.5) is 0 Å². The lowest BCUT2D eigenvalue weighted by Gasteiger charge is -2.09. The summed E-state index contributed by atoms with van der Waals surface area (Å²) in [5.74, 6) is -0.825. The molecule has 0 radical (unpaired) electrons. The molecule has 1 aromatic carbocycles. The molecule has 0 fully saturated rings. The molecule has 7 heteroatoms. The third-order valence-electron chi connectivity index (χ3n) is 2.27. The van der Waals surface area contributed by atoms with Gasteiger partial charge in [0, 0.05) is 12.1 Å². The molecule has 0 aliphatic carbocycles. The van der Waals surface area contributed by atoms with E-state index in [2.05, 4.69) is 15.8 Å². The molecule has 0 aromatic heterocycles. The van der Waals surface area contributed by atoms with Crippen LogP contribution < -0.4 is 20.6 Å². The van der Waals surface area contributed by atoms with Gasteiger partial charge in [-0.2, -0.15) is 5.10 Å². The molecule has 1 rings (SSSR count). The molecule has 0 amide bonds. The molecule has 0 saturated carbocycles. The van der Waals surface area contributed by atoms with E-state index in [0.29, 0.717) is 23.1 Å². The smallest absolute Gasteiger partial charge is 0.186 e. The van der Waals surface area contributed by atoms with Crippen LogP contribution in [-0.4, -0.2) is 29.9 Å². The summed E-state index contributed by atoms with van der Waals surface area (Å²) in [5.41, 5.74) is 4.21. The SMILES string of the molecule is CCNC(=S)N/N=C(/C)c1cccc(OCC(=O)[O-])c1. The number of carboxylic acids is 1. The highest BCUT2D eigenvalue weighted by Gasteiger charge is 2.01. The van der Waals surface area contributed by atoms with Gasteiger partial charge in [-0.1, -0.05) is 12.1 Å². The van der Waals surface area contributed by atoms with Crippen molar-refractivity contribution in [3.05, 3.63) is 29.8 Å². The average Bonchev–Trinajstić information content (AvgIpc) is 2.43. The fourth-order valence-corrected chi connectivity index (χ4v) is 1.54. The summed E-state index contributed by atoms with van der Waals surface area (Å²) >= 11 is 4.99. The maximum atomic E-state index is 10.3. The van der Waals surface area contributed by atoms with Crippen LogP contribution >= 0.6 is 12.2 Å². The molecule has 0 unspecified atom stereocenters. The van der Waals surface area contributed by atoms with Crippen LogP contribution in [0.1, 0.15) is 19.4 Å². The number of carbonyl (C=O) groups is 1. The summed E-state index contributed by atoms with van der Waals surface area (Å²) in [6, 6.07) is 6.94. The second kappa shape index (κ2) is 8.11. The van der Waals surface area contributed by atoms with Crippen molar-refractivity contribution in [1.29, 1.82) is 0 Å². The Hall–Kier alpha value is -2.15. The summed E-state index contributed by atoms with van der Waals surface area (Å²) in [6.07, 6.45) is 0. The minimum atomic E-state index is -1.27. The maximum absolute atomic E-state index is 10.3. The van der Waals surface area contributed by atoms with E-state index in [1.165, 1.54) is 0 Å². The van der Waals surface area contributed by atoms with E-state index in [1.807, 2.05) is 13.0 Å². The lowest BCUT2D eigenvalue weighted by molar-refractivity contribution is -0.307. The van der Waals surface area contributed by atoms with E-state index < -0.39 is 12.6 Å². The van der Waals surface area contributed by atoms with E-state index in [4.69, 9.17) is 17.0 Å². The third kappa shape index (κ3) is 5.66. The highest BCUT2D eigenvalue weighted by molar-refractivity contribution is 7.80. The van der Waals surface area contributed by atoms with Crippen molar-refractivity contribution in [3.63, 3.8) is 0 Å². The van der Waals surface area contributed by atoms with E-state index in [9.17, 15) is 9.90 Å². The van der Waals surface area contributed by atoms with Gasteiger partial charge in [0.15, 0.2) is 5.11 Å². The van der Waals surface area contributed by atoms with Crippen molar-refractivity contribution < 1.29 is 14.6 Å². The van der Waals surface area contributed by atoms with Gasteiger partial charge in [0.2, 0.25) is 0 Å². The van der Waals surface area contributed by atoms with Crippen LogP contribution in [0.2, 0.25) is 0 Å². The highest BCUT2D eigenvalue weighted by atomic mass is 32.1. The number of ether oxygens (including phenoxy) is 1. The fraction of sp³-hybridized carbons (Fsp3) is 0.308. The van der Waals surface area contributed by atoms with Crippen LogP contribution in [0.25, 0.3) is 0 Å². The largest absolute Gasteiger partial charge is 0.546 e. The first-order valence-corrected chi connectivity index (χ1v) is 6.45. The van der Waals surface area contributed by atoms with Crippen molar-refractivity contribution in [2.24, 2.45) is 5.10 Å². The Morgan fingerprint density at radius 3 is 2.90 bits per heavy atom. The Morgan fingerprint density at radius 2 is 2.25 bits per heavy atom. The quantitative estimate of drug-likeness (QED) is 0.437. The lowest BCUT2D eigenvalue weighted by atomic mass is 10.1. The Morgan fingerprint density at radius 1 is 1.50 bits per heavy atom. The second-order valence-electron chi connectivity index (χ2n) is 3.86. The second-order valence-corrected chi connectivity index (χ2v) is 4.27. The van der Waals surface area contributed by atoms with Crippen molar-refractivity contribution in [3.8, 4) is 5.75 Å². The van der Waals surface area contributed by atoms with Gasteiger partial charge in [0.25, 0.3) is 0 Å². The van der Waals surface area contributed by atoms with Gasteiger partial charge in [-0.05, 0) is 38.2 Å². The zero-order valence-corrected chi connectivity index (χ0v) is 12.1. The molecular formula is C13H16N3O3S-. The fourth-order valence-electron chi connectivity index (χ4n) is 1.35. The molecule has 0 atom stereocenters. The van der Waals surface area contributed by atoms with Crippen molar-refractivity contribution in [1.82, 2.24) is 10.7 Å². The number of aliphatic carboxylic acids is 1. The maximum Gasteiger partial charge on any atom is 0.186 e. The lowest BCUT2D eigenvalue weighted by Crippen LogP contribution is -2.32. The number of carboxylic acid groups (broad SMARTS) is 1. The normalized spacial score (nSPS) is 10.8. The van der Waals surface area contributed by atoms with E-state index >= 15 is 0 Å². The molecule has 108 valence electrons. The Balaban J connectivity index is 2.70. The van der Waals surface area contributed by atoms with Gasteiger partial charge in [-0.15, -0.1) is 0 Å². The number of hydrazone groups is 1. The first kappa shape index (κ1) is 15.9. The van der Waals surface area contributed by atoms with Crippen LogP contribution in [0.5, 0.6) is 5.75 Å². The number of carbonyl (C=O) groups excluding carboxylic acids is 1. The molecule has 2 N–H and O–H groups in total. The zero-order valence-electron chi connectivity index (χ0n) is 11.3. The van der Waals surface area contributed by atoms with Crippen molar-refractivity contribution >= 4 is 29.0 Å². The molecule has 0 bridgehead atoms. The number of thiocarbonyl (C=S) groups is 1. The van der Waals surface area contributed by atoms with E-state index in [1.54, 1.807) is 25.1 Å². The molecule has 20 heavy (non-hydrogen) atoms. The standard InChI is InChI=1S/C13H17N3O3S/c1-3-14-13(20)16-15-9(2)10-5-4-6-11(7-10)19-8-12(17)18/h4-7H,3,8H2,1-2H3,(H,17,18)(H2,14,16,20)/p-1/b15-9-. The van der Waals surface area contributed by atoms with E-state index in [0.717, 1.165) is 5.56 Å². The average molecular weight is 294 g/mol. The predicted molar refractivity (Wildman–Crippen MR) is 78.6 cm³/mol. The Bertz CT molecular complexity index is 517. The first-order chi connectivity index (χ1) is 9.52. The van der Waals surface area contributed by atoms with E-state index in [-0.39, 0.29) is 0 Å². The highest BCUT2D eigenvalue weighted by Crippen LogP contribution is 2.13. The summed E-state index contributed by atoms with van der Waals surface area (Å²) in [5, 5.41) is 17.8.